The van der Waals surface area contributed by atoms with E-state index in [0.29, 0.717) is 17.3 Å². The quantitative estimate of drug-likeness (QED) is 0.695. The van der Waals surface area contributed by atoms with Crippen LogP contribution in [0.2, 0.25) is 0 Å². The van der Waals surface area contributed by atoms with Crippen LogP contribution < -0.4 is 4.90 Å². The Morgan fingerprint density at radius 1 is 1.00 bits per heavy atom. The molecule has 0 saturated heterocycles. The van der Waals surface area contributed by atoms with Crippen LogP contribution >= 0.6 is 0 Å². The average Bonchev–Trinajstić information content (AvgIpc) is 2.16. The van der Waals surface area contributed by atoms with Crippen LogP contribution in [0, 0.1) is 19.7 Å². The van der Waals surface area contributed by atoms with Crippen LogP contribution in [0.3, 0.4) is 0 Å². The van der Waals surface area contributed by atoms with E-state index in [1.54, 1.807) is 18.7 Å². The molecule has 0 radical (unpaired) electrons. The van der Waals surface area contributed by atoms with Crippen molar-refractivity contribution in [1.29, 1.82) is 0 Å². The van der Waals surface area contributed by atoms with E-state index in [4.69, 9.17) is 0 Å². The van der Waals surface area contributed by atoms with E-state index in [1.807, 2.05) is 27.9 Å². The number of nitrogens with zero attached hydrogens (tertiary/aromatic N) is 3. The molecule has 0 aliphatic carbocycles. The lowest BCUT2D eigenvalue weighted by molar-refractivity contribution is 0.589. The first-order chi connectivity index (χ1) is 6.52. The van der Waals surface area contributed by atoms with Crippen LogP contribution in [-0.2, 0) is 0 Å². The second-order valence-corrected chi connectivity index (χ2v) is 2.90. The molecule has 0 N–H and O–H groups in total. The molecule has 0 unspecified atom stereocenters. The Balaban J connectivity index is 0.000000791. The van der Waals surface area contributed by atoms with Crippen LogP contribution in [0.25, 0.3) is 0 Å². The summed E-state index contributed by atoms with van der Waals surface area (Å²) in [7, 11) is 3.65. The first kappa shape index (κ1) is 12.8. The van der Waals surface area contributed by atoms with Crippen LogP contribution in [0.1, 0.15) is 25.2 Å². The van der Waals surface area contributed by atoms with Gasteiger partial charge in [-0.1, -0.05) is 13.8 Å². The molecule has 0 saturated carbocycles. The summed E-state index contributed by atoms with van der Waals surface area (Å²) in [4.78, 5) is 9.70. The van der Waals surface area contributed by atoms with Gasteiger partial charge in [-0.25, -0.2) is 14.4 Å². The molecule has 3 nitrogen and oxygen atoms in total. The summed E-state index contributed by atoms with van der Waals surface area (Å²) in [6, 6.07) is 0. The van der Waals surface area contributed by atoms with Gasteiger partial charge in [0.05, 0.1) is 11.4 Å². The molecule has 0 fully saturated rings. The van der Waals surface area contributed by atoms with Crippen molar-refractivity contribution in [2.45, 2.75) is 27.7 Å². The molecule has 0 aliphatic heterocycles. The minimum absolute atomic E-state index is 0.319. The van der Waals surface area contributed by atoms with Gasteiger partial charge in [0.15, 0.2) is 5.82 Å². The van der Waals surface area contributed by atoms with E-state index in [9.17, 15) is 4.39 Å². The van der Waals surface area contributed by atoms with Crippen molar-refractivity contribution in [3.8, 4) is 0 Å². The summed E-state index contributed by atoms with van der Waals surface area (Å²) in [6.07, 6.45) is 0. The van der Waals surface area contributed by atoms with Crippen LogP contribution in [0.15, 0.2) is 0 Å². The van der Waals surface area contributed by atoms with Gasteiger partial charge in [-0.05, 0) is 13.8 Å². The van der Waals surface area contributed by atoms with Gasteiger partial charge in [0.2, 0.25) is 5.95 Å². The number of hydrogen-bond acceptors (Lipinski definition) is 3. The second-order valence-electron chi connectivity index (χ2n) is 2.90. The number of aryl methyl sites for hydroxylation is 2. The molecular weight excluding hydrogens is 181 g/mol. The maximum absolute atomic E-state index is 13.0. The molecule has 0 spiro atoms. The highest BCUT2D eigenvalue weighted by atomic mass is 19.1. The van der Waals surface area contributed by atoms with Crippen molar-refractivity contribution in [2.75, 3.05) is 19.0 Å². The van der Waals surface area contributed by atoms with E-state index >= 15 is 0 Å². The smallest absolute Gasteiger partial charge is 0.225 e. The van der Waals surface area contributed by atoms with Crippen LogP contribution in [-0.4, -0.2) is 24.1 Å². The van der Waals surface area contributed by atoms with Gasteiger partial charge in [-0.15, -0.1) is 0 Å². The van der Waals surface area contributed by atoms with Gasteiger partial charge in [0, 0.05) is 14.1 Å². The average molecular weight is 199 g/mol. The van der Waals surface area contributed by atoms with Gasteiger partial charge in [0.1, 0.15) is 0 Å². The van der Waals surface area contributed by atoms with E-state index in [-0.39, 0.29) is 5.82 Å². The van der Waals surface area contributed by atoms with Crippen LogP contribution in [0.4, 0.5) is 10.3 Å². The molecule has 4 heteroatoms. The molecule has 0 bridgehead atoms. The molecule has 0 atom stereocenters. The zero-order chi connectivity index (χ0) is 11.3. The number of halogens is 1. The fraction of sp³-hybridized carbons (Fsp3) is 0.600. The van der Waals surface area contributed by atoms with Crippen molar-refractivity contribution in [2.24, 2.45) is 0 Å². The van der Waals surface area contributed by atoms with Crippen molar-refractivity contribution in [3.05, 3.63) is 17.2 Å². The Hall–Kier alpha value is -1.19. The third-order valence-corrected chi connectivity index (χ3v) is 1.57. The van der Waals surface area contributed by atoms with Gasteiger partial charge in [0.25, 0.3) is 0 Å². The normalized spacial score (nSPS) is 9.07. The molecule has 1 aromatic heterocycles. The van der Waals surface area contributed by atoms with E-state index in [2.05, 4.69) is 9.97 Å². The third-order valence-electron chi connectivity index (χ3n) is 1.57. The van der Waals surface area contributed by atoms with Crippen LogP contribution in [0.5, 0.6) is 0 Å². The molecule has 14 heavy (non-hydrogen) atoms. The monoisotopic (exact) mass is 199 g/mol. The SMILES string of the molecule is CC.Cc1nc(N(C)C)nc(C)c1F. The highest BCUT2D eigenvalue weighted by Crippen LogP contribution is 2.11. The largest absolute Gasteiger partial charge is 0.347 e. The maximum atomic E-state index is 13.0. The second kappa shape index (κ2) is 5.52. The van der Waals surface area contributed by atoms with Crippen molar-refractivity contribution >= 4 is 5.95 Å². The van der Waals surface area contributed by atoms with Crippen molar-refractivity contribution < 1.29 is 4.39 Å². The lowest BCUT2D eigenvalue weighted by Gasteiger charge is -2.11. The van der Waals surface area contributed by atoms with Gasteiger partial charge in [-0.3, -0.25) is 0 Å². The molecule has 1 heterocycles. The highest BCUT2D eigenvalue weighted by molar-refractivity contribution is 5.30. The molecule has 0 aliphatic rings. The Kier molecular flexibility index (Phi) is 5.05. The summed E-state index contributed by atoms with van der Waals surface area (Å²) in [5, 5.41) is 0. The molecule has 1 rings (SSSR count). The minimum atomic E-state index is -0.319. The van der Waals surface area contributed by atoms with Crippen molar-refractivity contribution in [3.63, 3.8) is 0 Å². The van der Waals surface area contributed by atoms with E-state index in [0.717, 1.165) is 0 Å². The standard InChI is InChI=1S/C8H12FN3.C2H6/c1-5-7(9)6(2)11-8(10-5)12(3)4;1-2/h1-4H3;1-2H3. The lowest BCUT2D eigenvalue weighted by atomic mass is 10.3. The lowest BCUT2D eigenvalue weighted by Crippen LogP contribution is -2.14. The highest BCUT2D eigenvalue weighted by Gasteiger charge is 2.07. The summed E-state index contributed by atoms with van der Waals surface area (Å²) in [6.45, 7) is 7.27. The molecular formula is C10H18FN3. The topological polar surface area (TPSA) is 29.0 Å². The van der Waals surface area contributed by atoms with Gasteiger partial charge >= 0.3 is 0 Å². The Morgan fingerprint density at radius 3 is 1.64 bits per heavy atom. The number of rotatable bonds is 1. The molecule has 80 valence electrons. The van der Waals surface area contributed by atoms with Gasteiger partial charge in [-0.2, -0.15) is 0 Å². The van der Waals surface area contributed by atoms with Gasteiger partial charge < -0.3 is 4.90 Å². The third kappa shape index (κ3) is 2.94. The Morgan fingerprint density at radius 2 is 1.36 bits per heavy atom. The maximum Gasteiger partial charge on any atom is 0.225 e. The molecule has 1 aromatic rings. The fourth-order valence-electron chi connectivity index (χ4n) is 0.885. The summed E-state index contributed by atoms with van der Waals surface area (Å²) < 4.78 is 13.0. The van der Waals surface area contributed by atoms with E-state index in [1.165, 1.54) is 0 Å². The first-order valence-electron chi connectivity index (χ1n) is 4.70. The Labute approximate surface area is 85.0 Å². The predicted octanol–water partition coefficient (Wildman–Crippen LogP) is 2.32. The fourth-order valence-corrected chi connectivity index (χ4v) is 0.885. The zero-order valence-corrected chi connectivity index (χ0v) is 9.72. The summed E-state index contributed by atoms with van der Waals surface area (Å²) in [5.74, 6) is 0.229. The minimum Gasteiger partial charge on any atom is -0.347 e. The number of anilines is 1. The first-order valence-corrected chi connectivity index (χ1v) is 4.70. The summed E-state index contributed by atoms with van der Waals surface area (Å²) in [5.41, 5.74) is 0.789. The Bertz CT molecular complexity index is 274. The predicted molar refractivity (Wildman–Crippen MR) is 57.1 cm³/mol. The van der Waals surface area contributed by atoms with E-state index < -0.39 is 0 Å². The molecule has 0 amide bonds. The zero-order valence-electron chi connectivity index (χ0n) is 9.72. The molecule has 0 aromatic carbocycles. The summed E-state index contributed by atoms with van der Waals surface area (Å²) >= 11 is 0. The number of aromatic nitrogens is 2. The van der Waals surface area contributed by atoms with Crippen molar-refractivity contribution in [1.82, 2.24) is 9.97 Å². The number of hydrogen-bond donors (Lipinski definition) is 0.